The fraction of sp³-hybridized carbons (Fsp3) is 0. The van der Waals surface area contributed by atoms with Crippen molar-refractivity contribution in [3.05, 3.63) is 115 Å². The molecule has 0 unspecified atom stereocenters. The van der Waals surface area contributed by atoms with Gasteiger partial charge in [-0.05, 0) is 47.2 Å². The number of nitrogens with zero attached hydrogens (tertiary/aromatic N) is 1. The first kappa shape index (κ1) is 19.6. The van der Waals surface area contributed by atoms with E-state index in [9.17, 15) is 0 Å². The molecule has 3 heteroatoms. The lowest BCUT2D eigenvalue weighted by atomic mass is 10.1. The van der Waals surface area contributed by atoms with Gasteiger partial charge in [0.25, 0.3) is 0 Å². The third kappa shape index (κ3) is 2.54. The monoisotopic (exact) mass is 489 g/mol. The maximum absolute atomic E-state index is 6.53. The van der Waals surface area contributed by atoms with Gasteiger partial charge in [0, 0.05) is 37.0 Å². The Morgan fingerprint density at radius 3 is 2.14 bits per heavy atom. The van der Waals surface area contributed by atoms with Crippen molar-refractivity contribution in [2.45, 2.75) is 0 Å². The van der Waals surface area contributed by atoms with Gasteiger partial charge < -0.3 is 8.98 Å². The highest BCUT2D eigenvalue weighted by atomic mass is 32.1. The lowest BCUT2D eigenvalue weighted by Gasteiger charge is -2.11. The summed E-state index contributed by atoms with van der Waals surface area (Å²) < 4.78 is 11.5. The lowest BCUT2D eigenvalue weighted by Crippen LogP contribution is -1.94. The van der Waals surface area contributed by atoms with Gasteiger partial charge >= 0.3 is 0 Å². The number of benzene rings is 6. The third-order valence-corrected chi connectivity index (χ3v) is 8.94. The van der Waals surface area contributed by atoms with Crippen LogP contribution in [0.1, 0.15) is 0 Å². The average Bonchev–Trinajstić information content (AvgIpc) is 3.61. The smallest absolute Gasteiger partial charge is 0.144 e. The van der Waals surface area contributed by atoms with Crippen LogP contribution < -0.4 is 0 Å². The fourth-order valence-corrected chi connectivity index (χ4v) is 7.33. The molecular weight excluding hydrogens is 470 g/mol. The van der Waals surface area contributed by atoms with E-state index in [1.54, 1.807) is 0 Å². The van der Waals surface area contributed by atoms with Gasteiger partial charge in [0.1, 0.15) is 11.2 Å². The highest BCUT2D eigenvalue weighted by molar-refractivity contribution is 7.26. The molecule has 9 aromatic rings. The number of hydrogen-bond donors (Lipinski definition) is 0. The van der Waals surface area contributed by atoms with E-state index < -0.39 is 0 Å². The number of fused-ring (bicyclic) bond motifs is 11. The second-order valence-corrected chi connectivity index (χ2v) is 10.8. The molecule has 3 heterocycles. The molecule has 2 nitrogen and oxygen atoms in total. The lowest BCUT2D eigenvalue weighted by molar-refractivity contribution is 0.673. The van der Waals surface area contributed by atoms with E-state index in [2.05, 4.69) is 114 Å². The summed E-state index contributed by atoms with van der Waals surface area (Å²) in [7, 11) is 0. The first-order valence-electron chi connectivity index (χ1n) is 12.5. The molecule has 0 N–H and O–H groups in total. The quantitative estimate of drug-likeness (QED) is 0.224. The summed E-state index contributed by atoms with van der Waals surface area (Å²) in [5, 5.41) is 9.84. The summed E-state index contributed by atoms with van der Waals surface area (Å²) in [5.41, 5.74) is 5.56. The molecule has 0 aliphatic carbocycles. The molecule has 0 radical (unpaired) electrons. The SMILES string of the molecule is c1ccc2cc3c(cc2c1)c1ccccc1n3-c1cc2c3ccccc3oc2c2c1sc1ccccc12. The van der Waals surface area contributed by atoms with Gasteiger partial charge in [-0.15, -0.1) is 11.3 Å². The molecule has 0 saturated heterocycles. The van der Waals surface area contributed by atoms with Gasteiger partial charge in [0.05, 0.1) is 21.4 Å². The minimum atomic E-state index is 0.930. The minimum absolute atomic E-state index is 0.930. The summed E-state index contributed by atoms with van der Waals surface area (Å²) >= 11 is 1.85. The third-order valence-electron chi connectivity index (χ3n) is 7.75. The van der Waals surface area contributed by atoms with Crippen LogP contribution in [0.3, 0.4) is 0 Å². The molecule has 9 rings (SSSR count). The normalized spacial score (nSPS) is 12.3. The van der Waals surface area contributed by atoms with E-state index in [-0.39, 0.29) is 0 Å². The molecule has 172 valence electrons. The minimum Gasteiger partial charge on any atom is -0.455 e. The van der Waals surface area contributed by atoms with E-state index in [1.165, 1.54) is 58.4 Å². The van der Waals surface area contributed by atoms with Crippen molar-refractivity contribution in [2.24, 2.45) is 0 Å². The molecule has 0 amide bonds. The second-order valence-electron chi connectivity index (χ2n) is 9.74. The van der Waals surface area contributed by atoms with Crippen LogP contribution in [0.25, 0.3) is 80.4 Å². The number of rotatable bonds is 1. The maximum Gasteiger partial charge on any atom is 0.144 e. The van der Waals surface area contributed by atoms with Crippen LogP contribution >= 0.6 is 11.3 Å². The topological polar surface area (TPSA) is 18.1 Å². The van der Waals surface area contributed by atoms with Crippen molar-refractivity contribution in [3.63, 3.8) is 0 Å². The molecule has 0 atom stereocenters. The van der Waals surface area contributed by atoms with Crippen LogP contribution in [-0.2, 0) is 0 Å². The molecule has 3 aromatic heterocycles. The van der Waals surface area contributed by atoms with Gasteiger partial charge in [0.2, 0.25) is 0 Å². The van der Waals surface area contributed by atoms with Crippen LogP contribution in [0.4, 0.5) is 0 Å². The number of aromatic nitrogens is 1. The predicted octanol–water partition coefficient (Wildman–Crippen LogP) is 10.2. The van der Waals surface area contributed by atoms with Crippen molar-refractivity contribution < 1.29 is 4.42 Å². The van der Waals surface area contributed by atoms with Crippen molar-refractivity contribution in [1.29, 1.82) is 0 Å². The zero-order chi connectivity index (χ0) is 24.1. The van der Waals surface area contributed by atoms with Gasteiger partial charge in [-0.25, -0.2) is 0 Å². The van der Waals surface area contributed by atoms with Gasteiger partial charge in [-0.3, -0.25) is 0 Å². The molecule has 6 aromatic carbocycles. The van der Waals surface area contributed by atoms with Gasteiger partial charge in [0.15, 0.2) is 0 Å². The Labute approximate surface area is 215 Å². The zero-order valence-corrected chi connectivity index (χ0v) is 20.5. The largest absolute Gasteiger partial charge is 0.455 e. The molecule has 0 fully saturated rings. The summed E-state index contributed by atoms with van der Waals surface area (Å²) in [5.74, 6) is 0. The highest BCUT2D eigenvalue weighted by Gasteiger charge is 2.21. The van der Waals surface area contributed by atoms with Crippen molar-refractivity contribution in [3.8, 4) is 5.69 Å². The number of hydrogen-bond acceptors (Lipinski definition) is 2. The predicted molar refractivity (Wildman–Crippen MR) is 158 cm³/mol. The number of thiophene rings is 1. The van der Waals surface area contributed by atoms with Crippen LogP contribution in [-0.4, -0.2) is 4.57 Å². The van der Waals surface area contributed by atoms with E-state index >= 15 is 0 Å². The van der Waals surface area contributed by atoms with E-state index in [0.717, 1.165) is 21.9 Å². The molecule has 0 aliphatic heterocycles. The first-order valence-corrected chi connectivity index (χ1v) is 13.3. The summed E-state index contributed by atoms with van der Waals surface area (Å²) in [6.07, 6.45) is 0. The summed E-state index contributed by atoms with van der Waals surface area (Å²) in [4.78, 5) is 0. The maximum atomic E-state index is 6.53. The standard InChI is InChI=1S/C34H19NOS/c1-2-10-21-18-28-25(17-20(21)9-1)22-11-3-6-14-27(22)35(28)29-19-26-23-12-4-7-15-30(23)36-33(26)32-24-13-5-8-16-31(24)37-34(29)32/h1-19H. The Bertz CT molecular complexity index is 2370. The van der Waals surface area contributed by atoms with Crippen LogP contribution in [0, 0.1) is 0 Å². The van der Waals surface area contributed by atoms with Crippen LogP contribution in [0.5, 0.6) is 0 Å². The summed E-state index contributed by atoms with van der Waals surface area (Å²) in [6, 6.07) is 41.6. The number of para-hydroxylation sites is 2. The van der Waals surface area contributed by atoms with E-state index in [1.807, 2.05) is 17.4 Å². The molecule has 0 bridgehead atoms. The Kier molecular flexibility index (Phi) is 3.70. The van der Waals surface area contributed by atoms with Crippen molar-refractivity contribution in [1.82, 2.24) is 4.57 Å². The molecule has 0 saturated carbocycles. The second kappa shape index (κ2) is 7.00. The fourth-order valence-electron chi connectivity index (χ4n) is 6.13. The molecular formula is C34H19NOS. The van der Waals surface area contributed by atoms with Gasteiger partial charge in [-0.2, -0.15) is 0 Å². The number of furan rings is 1. The van der Waals surface area contributed by atoms with Crippen molar-refractivity contribution >= 4 is 86.0 Å². The van der Waals surface area contributed by atoms with Crippen LogP contribution in [0.15, 0.2) is 120 Å². The van der Waals surface area contributed by atoms with Crippen molar-refractivity contribution in [2.75, 3.05) is 0 Å². The molecule has 0 aliphatic rings. The van der Waals surface area contributed by atoms with Crippen LogP contribution in [0.2, 0.25) is 0 Å². The van der Waals surface area contributed by atoms with E-state index in [4.69, 9.17) is 4.42 Å². The Morgan fingerprint density at radius 1 is 0.541 bits per heavy atom. The zero-order valence-electron chi connectivity index (χ0n) is 19.7. The Hall–Kier alpha value is -4.60. The Balaban J connectivity index is 1.56. The van der Waals surface area contributed by atoms with Gasteiger partial charge in [-0.1, -0.05) is 78.9 Å². The van der Waals surface area contributed by atoms with E-state index in [0.29, 0.717) is 0 Å². The molecule has 0 spiro atoms. The Morgan fingerprint density at radius 2 is 1.24 bits per heavy atom. The highest BCUT2D eigenvalue weighted by Crippen LogP contribution is 2.46. The first-order chi connectivity index (χ1) is 18.3. The molecule has 37 heavy (non-hydrogen) atoms. The average molecular weight is 490 g/mol. The summed E-state index contributed by atoms with van der Waals surface area (Å²) in [6.45, 7) is 0.